The van der Waals surface area contributed by atoms with Gasteiger partial charge in [0.25, 0.3) is 5.91 Å². The van der Waals surface area contributed by atoms with Crippen molar-refractivity contribution in [1.82, 2.24) is 19.2 Å². The van der Waals surface area contributed by atoms with Crippen molar-refractivity contribution in [3.05, 3.63) is 51.6 Å². The van der Waals surface area contributed by atoms with Crippen molar-refractivity contribution >= 4 is 21.9 Å². The van der Waals surface area contributed by atoms with E-state index in [0.717, 1.165) is 5.56 Å². The molecule has 0 spiro atoms. The maximum Gasteiger partial charge on any atom is 0.342 e. The summed E-state index contributed by atoms with van der Waals surface area (Å²) in [6.45, 7) is 14.5. The third-order valence-corrected chi connectivity index (χ3v) is 8.30. The molecule has 0 aliphatic carbocycles. The predicted octanol–water partition coefficient (Wildman–Crippen LogP) is 3.12. The quantitative estimate of drug-likeness (QED) is 0.578. The van der Waals surface area contributed by atoms with Gasteiger partial charge in [-0.1, -0.05) is 17.7 Å². The van der Waals surface area contributed by atoms with Gasteiger partial charge in [-0.3, -0.25) is 4.79 Å². The molecule has 9 nitrogen and oxygen atoms in total. The molecule has 2 aromatic rings. The molecule has 0 N–H and O–H groups in total. The number of benzene rings is 1. The van der Waals surface area contributed by atoms with Crippen LogP contribution in [0.15, 0.2) is 17.0 Å². The number of hydrogen-bond acceptors (Lipinski definition) is 7. The lowest BCUT2D eigenvalue weighted by atomic mass is 10.1. The van der Waals surface area contributed by atoms with Crippen LogP contribution in [0.1, 0.15) is 69.8 Å². The normalized spacial score (nSPS) is 17.1. The minimum Gasteiger partial charge on any atom is -0.459 e. The van der Waals surface area contributed by atoms with Gasteiger partial charge in [-0.2, -0.15) is 4.31 Å². The molecule has 3 rings (SSSR count). The molecule has 1 aromatic heterocycles. The fraction of sp³-hybridized carbons (Fsp3) is 0.520. The third kappa shape index (κ3) is 5.38. The molecule has 1 aliphatic heterocycles. The first-order chi connectivity index (χ1) is 16.2. The summed E-state index contributed by atoms with van der Waals surface area (Å²) in [4.78, 5) is 36.6. The monoisotopic (exact) mass is 502 g/mol. The molecule has 2 heterocycles. The Balaban J connectivity index is 1.90. The lowest BCUT2D eigenvalue weighted by molar-refractivity contribution is 0.0368. The van der Waals surface area contributed by atoms with E-state index in [0.29, 0.717) is 27.5 Å². The number of aryl methyl sites for hydroxylation is 5. The maximum atomic E-state index is 13.6. The van der Waals surface area contributed by atoms with Gasteiger partial charge >= 0.3 is 5.97 Å². The Labute approximate surface area is 207 Å². The van der Waals surface area contributed by atoms with Crippen molar-refractivity contribution < 1.29 is 22.7 Å². The van der Waals surface area contributed by atoms with E-state index in [1.807, 2.05) is 19.1 Å². The van der Waals surface area contributed by atoms with E-state index in [9.17, 15) is 18.0 Å². The first-order valence-electron chi connectivity index (χ1n) is 11.7. The number of sulfonamides is 1. The predicted molar refractivity (Wildman–Crippen MR) is 132 cm³/mol. The number of carbonyl (C=O) groups is 2. The van der Waals surface area contributed by atoms with Crippen LogP contribution in [0.4, 0.5) is 0 Å². The topological polar surface area (TPSA) is 110 Å². The molecule has 1 unspecified atom stereocenters. The summed E-state index contributed by atoms with van der Waals surface area (Å²) >= 11 is 0. The average molecular weight is 503 g/mol. The Morgan fingerprint density at radius 3 is 2.17 bits per heavy atom. The number of amides is 1. The Bertz CT molecular complexity index is 1250. The number of rotatable bonds is 5. The molecule has 0 bridgehead atoms. The van der Waals surface area contributed by atoms with Crippen molar-refractivity contribution in [3.8, 4) is 0 Å². The third-order valence-electron chi connectivity index (χ3n) is 5.98. The molecule has 0 saturated carbocycles. The minimum atomic E-state index is -3.76. The van der Waals surface area contributed by atoms with E-state index < -0.39 is 27.9 Å². The van der Waals surface area contributed by atoms with Crippen LogP contribution in [-0.4, -0.2) is 71.2 Å². The van der Waals surface area contributed by atoms with Crippen molar-refractivity contribution in [3.63, 3.8) is 0 Å². The van der Waals surface area contributed by atoms with Crippen LogP contribution in [0.5, 0.6) is 0 Å². The highest BCUT2D eigenvalue weighted by Gasteiger charge is 2.38. The summed E-state index contributed by atoms with van der Waals surface area (Å²) in [6, 6.07) is 3.26. The lowest BCUT2D eigenvalue weighted by Crippen LogP contribution is -2.55. The van der Waals surface area contributed by atoms with E-state index in [2.05, 4.69) is 9.97 Å². The standard InChI is InChI=1S/C25H34N4O5S/c1-14(2)34-25(31)21-19(7)26-20(8)27-22(21)24(30)28-9-10-29(18(6)13-28)35(32,33)23-16(4)11-15(3)12-17(23)5/h11-12,14,18H,9-10,13H2,1-8H3. The highest BCUT2D eigenvalue weighted by Crippen LogP contribution is 2.28. The van der Waals surface area contributed by atoms with Crippen LogP contribution in [-0.2, 0) is 14.8 Å². The zero-order chi connectivity index (χ0) is 26.2. The number of carbonyl (C=O) groups excluding carboxylic acids is 2. The molecule has 0 radical (unpaired) electrons. The largest absolute Gasteiger partial charge is 0.459 e. The van der Waals surface area contributed by atoms with Crippen molar-refractivity contribution in [1.29, 1.82) is 0 Å². The molecular formula is C25H34N4O5S. The summed E-state index contributed by atoms with van der Waals surface area (Å²) in [7, 11) is -3.76. The molecular weight excluding hydrogens is 468 g/mol. The summed E-state index contributed by atoms with van der Waals surface area (Å²) in [5.74, 6) is -0.729. The number of hydrogen-bond donors (Lipinski definition) is 0. The lowest BCUT2D eigenvalue weighted by Gasteiger charge is -2.39. The number of ether oxygens (including phenoxy) is 1. The van der Waals surface area contributed by atoms with Gasteiger partial charge in [0.05, 0.1) is 16.7 Å². The number of esters is 1. The number of piperazine rings is 1. The number of aromatic nitrogens is 2. The second-order valence-electron chi connectivity index (χ2n) is 9.48. The van der Waals surface area contributed by atoms with Crippen LogP contribution >= 0.6 is 0 Å². The smallest absolute Gasteiger partial charge is 0.342 e. The highest BCUT2D eigenvalue weighted by molar-refractivity contribution is 7.89. The van der Waals surface area contributed by atoms with E-state index in [4.69, 9.17) is 4.74 Å². The van der Waals surface area contributed by atoms with Gasteiger partial charge in [0.15, 0.2) is 0 Å². The van der Waals surface area contributed by atoms with Crippen molar-refractivity contribution in [2.24, 2.45) is 0 Å². The van der Waals surface area contributed by atoms with Gasteiger partial charge in [-0.25, -0.2) is 23.2 Å². The fourth-order valence-electron chi connectivity index (χ4n) is 4.71. The van der Waals surface area contributed by atoms with Crippen LogP contribution in [0.3, 0.4) is 0 Å². The molecule has 35 heavy (non-hydrogen) atoms. The zero-order valence-electron chi connectivity index (χ0n) is 21.7. The van der Waals surface area contributed by atoms with Crippen LogP contribution in [0, 0.1) is 34.6 Å². The molecule has 190 valence electrons. The van der Waals surface area contributed by atoms with E-state index in [-0.39, 0.29) is 37.0 Å². The zero-order valence-corrected chi connectivity index (χ0v) is 22.5. The molecule has 1 saturated heterocycles. The SMILES string of the molecule is Cc1cc(C)c(S(=O)(=O)N2CCN(C(=O)c3nc(C)nc(C)c3C(=O)OC(C)C)CC2C)c(C)c1. The molecule has 1 fully saturated rings. The molecule has 1 aliphatic rings. The first kappa shape index (κ1) is 26.7. The molecule has 10 heteroatoms. The summed E-state index contributed by atoms with van der Waals surface area (Å²) in [5, 5.41) is 0. The van der Waals surface area contributed by atoms with Crippen LogP contribution < -0.4 is 0 Å². The second-order valence-corrected chi connectivity index (χ2v) is 11.3. The van der Waals surface area contributed by atoms with Gasteiger partial charge in [0, 0.05) is 25.7 Å². The molecule has 1 amide bonds. The maximum absolute atomic E-state index is 13.6. The summed E-state index contributed by atoms with van der Waals surface area (Å²) in [6.07, 6.45) is -0.367. The van der Waals surface area contributed by atoms with E-state index in [1.54, 1.807) is 53.4 Å². The van der Waals surface area contributed by atoms with Crippen LogP contribution in [0.25, 0.3) is 0 Å². The van der Waals surface area contributed by atoms with E-state index in [1.165, 1.54) is 4.31 Å². The van der Waals surface area contributed by atoms with Crippen LogP contribution in [0.2, 0.25) is 0 Å². The fourth-order valence-corrected chi connectivity index (χ4v) is 6.74. The summed E-state index contributed by atoms with van der Waals surface area (Å²) in [5.41, 5.74) is 2.80. The average Bonchev–Trinajstić information content (AvgIpc) is 2.70. The second kappa shape index (κ2) is 10.0. The van der Waals surface area contributed by atoms with Crippen molar-refractivity contribution in [2.45, 2.75) is 72.4 Å². The van der Waals surface area contributed by atoms with Gasteiger partial charge in [0.2, 0.25) is 10.0 Å². The van der Waals surface area contributed by atoms with Gasteiger partial charge < -0.3 is 9.64 Å². The Morgan fingerprint density at radius 2 is 1.63 bits per heavy atom. The Kier molecular flexibility index (Phi) is 7.66. The number of nitrogens with zero attached hydrogens (tertiary/aromatic N) is 4. The highest BCUT2D eigenvalue weighted by atomic mass is 32.2. The van der Waals surface area contributed by atoms with Gasteiger partial charge in [0.1, 0.15) is 17.1 Å². The van der Waals surface area contributed by atoms with Gasteiger partial charge in [-0.05, 0) is 66.5 Å². The first-order valence-corrected chi connectivity index (χ1v) is 13.1. The molecule has 1 atom stereocenters. The van der Waals surface area contributed by atoms with Crippen molar-refractivity contribution in [2.75, 3.05) is 19.6 Å². The Morgan fingerprint density at radius 1 is 1.03 bits per heavy atom. The van der Waals surface area contributed by atoms with Gasteiger partial charge in [-0.15, -0.1) is 0 Å². The minimum absolute atomic E-state index is 0.0191. The molecule has 1 aromatic carbocycles. The van der Waals surface area contributed by atoms with E-state index >= 15 is 0 Å². The summed E-state index contributed by atoms with van der Waals surface area (Å²) < 4.78 is 33.9. The Hall–Kier alpha value is -2.85.